The molecule has 0 bridgehead atoms. The summed E-state index contributed by atoms with van der Waals surface area (Å²) >= 11 is 5.64. The second-order valence-electron chi connectivity index (χ2n) is 3.46. The largest absolute Gasteiger partial charge is 0.394 e. The van der Waals surface area contributed by atoms with E-state index in [2.05, 4.69) is 9.97 Å². The van der Waals surface area contributed by atoms with Gasteiger partial charge in [0.25, 0.3) is 0 Å². The van der Waals surface area contributed by atoms with E-state index in [1.165, 1.54) is 6.20 Å². The van der Waals surface area contributed by atoms with Crippen molar-refractivity contribution in [3.63, 3.8) is 0 Å². The molecule has 0 amide bonds. The molecule has 1 aliphatic heterocycles. The van der Waals surface area contributed by atoms with E-state index in [4.69, 9.17) is 17.3 Å². The van der Waals surface area contributed by atoms with Crippen molar-refractivity contribution in [1.29, 1.82) is 0 Å². The number of nitrogens with two attached hydrogens (primary N) is 1. The molecule has 15 heavy (non-hydrogen) atoms. The van der Waals surface area contributed by atoms with Gasteiger partial charge in [-0.25, -0.2) is 4.98 Å². The Morgan fingerprint density at radius 3 is 2.60 bits per heavy atom. The molecule has 2 rings (SSSR count). The molecule has 1 aromatic heterocycles. The van der Waals surface area contributed by atoms with Crippen LogP contribution in [0.4, 0.5) is 11.5 Å². The van der Waals surface area contributed by atoms with Crippen molar-refractivity contribution in [2.75, 3.05) is 23.7 Å². The van der Waals surface area contributed by atoms with E-state index >= 15 is 0 Å². The molecule has 6 nitrogen and oxygen atoms in total. The zero-order chi connectivity index (χ0) is 11.0. The highest BCUT2D eigenvalue weighted by Gasteiger charge is 2.31. The Morgan fingerprint density at radius 1 is 1.40 bits per heavy atom. The second-order valence-corrected chi connectivity index (χ2v) is 3.80. The van der Waals surface area contributed by atoms with Gasteiger partial charge in [0.2, 0.25) is 5.28 Å². The van der Waals surface area contributed by atoms with E-state index in [1.807, 2.05) is 0 Å². The van der Waals surface area contributed by atoms with Crippen LogP contribution in [0.3, 0.4) is 0 Å². The zero-order valence-electron chi connectivity index (χ0n) is 7.84. The number of aromatic nitrogens is 2. The molecule has 1 fully saturated rings. The van der Waals surface area contributed by atoms with Crippen molar-refractivity contribution < 1.29 is 10.2 Å². The Morgan fingerprint density at radius 2 is 2.00 bits per heavy atom. The first-order valence-corrected chi connectivity index (χ1v) is 4.85. The fourth-order valence-corrected chi connectivity index (χ4v) is 1.69. The SMILES string of the molecule is Nc1cnc(Cl)nc1N1CC(O)C(O)C1. The predicted octanol–water partition coefficient (Wildman–Crippen LogP) is -0.746. The number of aliphatic hydroxyl groups is 2. The van der Waals surface area contributed by atoms with Gasteiger partial charge >= 0.3 is 0 Å². The molecular weight excluding hydrogens is 220 g/mol. The third-order valence-electron chi connectivity index (χ3n) is 2.33. The highest BCUT2D eigenvalue weighted by Crippen LogP contribution is 2.24. The highest BCUT2D eigenvalue weighted by atomic mass is 35.5. The molecular formula is C8H11ClN4O2. The molecule has 4 N–H and O–H groups in total. The number of β-amino-alcohol motifs (C(OH)–C–C–N with tert-alkyl or cyclic N) is 2. The number of hydrogen-bond acceptors (Lipinski definition) is 6. The Bertz CT molecular complexity index is 366. The third kappa shape index (κ3) is 1.97. The Hall–Kier alpha value is -1.11. The van der Waals surface area contributed by atoms with Gasteiger partial charge in [0, 0.05) is 13.1 Å². The lowest BCUT2D eigenvalue weighted by Crippen LogP contribution is -2.23. The fraction of sp³-hybridized carbons (Fsp3) is 0.500. The average Bonchev–Trinajstić information content (AvgIpc) is 2.51. The van der Waals surface area contributed by atoms with Crippen LogP contribution in [-0.2, 0) is 0 Å². The lowest BCUT2D eigenvalue weighted by molar-refractivity contribution is 0.0572. The molecule has 2 heterocycles. The van der Waals surface area contributed by atoms with Crippen LogP contribution in [0.25, 0.3) is 0 Å². The number of nitrogens with zero attached hydrogens (tertiary/aromatic N) is 3. The molecule has 82 valence electrons. The minimum Gasteiger partial charge on any atom is -0.394 e. The third-order valence-corrected chi connectivity index (χ3v) is 2.51. The van der Waals surface area contributed by atoms with Crippen molar-refractivity contribution in [2.24, 2.45) is 0 Å². The first kappa shape index (κ1) is 10.4. The summed E-state index contributed by atoms with van der Waals surface area (Å²) in [5, 5.41) is 18.9. The average molecular weight is 231 g/mol. The maximum Gasteiger partial charge on any atom is 0.224 e. The normalized spacial score (nSPS) is 25.9. The van der Waals surface area contributed by atoms with Crippen LogP contribution in [0.2, 0.25) is 5.28 Å². The maximum absolute atomic E-state index is 9.38. The molecule has 7 heteroatoms. The lowest BCUT2D eigenvalue weighted by atomic mass is 10.3. The summed E-state index contributed by atoms with van der Waals surface area (Å²) in [6, 6.07) is 0. The van der Waals surface area contributed by atoms with Crippen LogP contribution in [0.15, 0.2) is 6.20 Å². The summed E-state index contributed by atoms with van der Waals surface area (Å²) in [4.78, 5) is 9.36. The summed E-state index contributed by atoms with van der Waals surface area (Å²) < 4.78 is 0. The highest BCUT2D eigenvalue weighted by molar-refractivity contribution is 6.28. The van der Waals surface area contributed by atoms with Gasteiger partial charge in [-0.1, -0.05) is 0 Å². The van der Waals surface area contributed by atoms with Crippen LogP contribution in [0.5, 0.6) is 0 Å². The van der Waals surface area contributed by atoms with Gasteiger partial charge < -0.3 is 20.8 Å². The zero-order valence-corrected chi connectivity index (χ0v) is 8.59. The monoisotopic (exact) mass is 230 g/mol. The predicted molar refractivity (Wildman–Crippen MR) is 55.7 cm³/mol. The van der Waals surface area contributed by atoms with Crippen LogP contribution < -0.4 is 10.6 Å². The van der Waals surface area contributed by atoms with E-state index in [0.29, 0.717) is 24.6 Å². The van der Waals surface area contributed by atoms with Crippen molar-refractivity contribution in [1.82, 2.24) is 9.97 Å². The lowest BCUT2D eigenvalue weighted by Gasteiger charge is -2.17. The van der Waals surface area contributed by atoms with Gasteiger partial charge in [0.1, 0.15) is 0 Å². The Balaban J connectivity index is 2.27. The minimum atomic E-state index is -0.779. The number of aliphatic hydroxyl groups excluding tert-OH is 2. The quantitative estimate of drug-likeness (QED) is 0.550. The molecule has 0 aliphatic carbocycles. The van der Waals surface area contributed by atoms with E-state index in [9.17, 15) is 10.2 Å². The minimum absolute atomic E-state index is 0.0927. The standard InChI is InChI=1S/C8H11ClN4O2/c9-8-11-1-4(10)7(12-8)13-2-5(14)6(15)3-13/h1,5-6,14-15H,2-3,10H2. The number of anilines is 2. The molecule has 2 unspecified atom stereocenters. The molecule has 0 aromatic carbocycles. The Labute approximate surface area is 91.3 Å². The van der Waals surface area contributed by atoms with Gasteiger partial charge in [0.15, 0.2) is 5.82 Å². The summed E-state index contributed by atoms with van der Waals surface area (Å²) in [5.41, 5.74) is 6.05. The smallest absolute Gasteiger partial charge is 0.224 e. The molecule has 0 saturated carbocycles. The van der Waals surface area contributed by atoms with Crippen molar-refractivity contribution >= 4 is 23.1 Å². The molecule has 0 spiro atoms. The van der Waals surface area contributed by atoms with Crippen molar-refractivity contribution in [2.45, 2.75) is 12.2 Å². The first-order valence-electron chi connectivity index (χ1n) is 4.47. The van der Waals surface area contributed by atoms with Crippen LogP contribution in [0.1, 0.15) is 0 Å². The van der Waals surface area contributed by atoms with E-state index in [0.717, 1.165) is 0 Å². The van der Waals surface area contributed by atoms with Gasteiger partial charge in [-0.05, 0) is 11.6 Å². The number of rotatable bonds is 1. The molecule has 1 aromatic rings. The fourth-order valence-electron chi connectivity index (χ4n) is 1.56. The molecule has 1 saturated heterocycles. The van der Waals surface area contributed by atoms with E-state index in [-0.39, 0.29) is 5.28 Å². The maximum atomic E-state index is 9.38. The number of hydrogen-bond donors (Lipinski definition) is 3. The van der Waals surface area contributed by atoms with Gasteiger partial charge in [-0.15, -0.1) is 0 Å². The van der Waals surface area contributed by atoms with E-state index < -0.39 is 12.2 Å². The second kappa shape index (κ2) is 3.80. The molecule has 0 radical (unpaired) electrons. The summed E-state index contributed by atoms with van der Waals surface area (Å²) in [6.45, 7) is 0.581. The number of nitrogen functional groups attached to an aromatic ring is 1. The summed E-state index contributed by atoms with van der Waals surface area (Å²) in [6.07, 6.45) is -0.154. The summed E-state index contributed by atoms with van der Waals surface area (Å²) in [5.74, 6) is 0.450. The molecule has 2 atom stereocenters. The Kier molecular flexibility index (Phi) is 2.64. The van der Waals surface area contributed by atoms with Gasteiger partial charge in [0.05, 0.1) is 24.1 Å². The first-order chi connectivity index (χ1) is 7.08. The molecule has 1 aliphatic rings. The van der Waals surface area contributed by atoms with Crippen LogP contribution >= 0.6 is 11.6 Å². The topological polar surface area (TPSA) is 95.5 Å². The van der Waals surface area contributed by atoms with Crippen LogP contribution in [-0.4, -0.2) is 45.5 Å². The number of halogens is 1. The summed E-state index contributed by atoms with van der Waals surface area (Å²) in [7, 11) is 0. The van der Waals surface area contributed by atoms with Gasteiger partial charge in [-0.2, -0.15) is 4.98 Å². The van der Waals surface area contributed by atoms with Crippen LogP contribution in [0, 0.1) is 0 Å². The van der Waals surface area contributed by atoms with Crippen molar-refractivity contribution in [3.8, 4) is 0 Å². The van der Waals surface area contributed by atoms with Crippen molar-refractivity contribution in [3.05, 3.63) is 11.5 Å². The van der Waals surface area contributed by atoms with Gasteiger partial charge in [-0.3, -0.25) is 0 Å². The van der Waals surface area contributed by atoms with E-state index in [1.54, 1.807) is 4.90 Å².